The maximum Gasteiger partial charge on any atom is 0.174 e. The number of aromatic nitrogens is 1. The molecule has 1 fully saturated rings. The zero-order valence-corrected chi connectivity index (χ0v) is 11.6. The lowest BCUT2D eigenvalue weighted by Gasteiger charge is -2.30. The third kappa shape index (κ3) is 2.16. The molecule has 0 aromatic carbocycles. The Labute approximate surface area is 110 Å². The molecule has 1 unspecified atom stereocenters. The molecule has 92 valence electrons. The summed E-state index contributed by atoms with van der Waals surface area (Å²) >= 11 is 3.63. The second-order valence-corrected chi connectivity index (χ2v) is 6.86. The quantitative estimate of drug-likeness (QED) is 0.783. The molecular weight excluding hydrogens is 252 g/mol. The van der Waals surface area contributed by atoms with Crippen LogP contribution >= 0.6 is 23.1 Å². The van der Waals surface area contributed by atoms with Gasteiger partial charge in [-0.15, -0.1) is 11.3 Å². The van der Waals surface area contributed by atoms with Gasteiger partial charge in [-0.3, -0.25) is 9.69 Å². The van der Waals surface area contributed by atoms with Gasteiger partial charge >= 0.3 is 0 Å². The van der Waals surface area contributed by atoms with Crippen molar-refractivity contribution in [2.45, 2.75) is 25.3 Å². The highest BCUT2D eigenvalue weighted by molar-refractivity contribution is 7.99. The summed E-state index contributed by atoms with van der Waals surface area (Å²) in [7, 11) is 2.16. The molecule has 1 atom stereocenters. The smallest absolute Gasteiger partial charge is 0.174 e. The summed E-state index contributed by atoms with van der Waals surface area (Å²) in [5.74, 6) is 2.62. The number of thioether (sulfide) groups is 1. The molecule has 17 heavy (non-hydrogen) atoms. The van der Waals surface area contributed by atoms with Crippen LogP contribution in [0, 0.1) is 0 Å². The van der Waals surface area contributed by atoms with Gasteiger partial charge < -0.3 is 0 Å². The summed E-state index contributed by atoms with van der Waals surface area (Å²) < 4.78 is 0. The van der Waals surface area contributed by atoms with E-state index in [-0.39, 0.29) is 0 Å². The van der Waals surface area contributed by atoms with Crippen molar-refractivity contribution in [3.63, 3.8) is 0 Å². The largest absolute Gasteiger partial charge is 0.296 e. The number of Topliss-reactive ketones (excluding diaryl/α,β-unsaturated/α-hetero) is 1. The molecule has 1 aromatic rings. The number of carbonyl (C=O) groups is 1. The Bertz CT molecular complexity index is 444. The minimum absolute atomic E-state index is 0.307. The first-order valence-corrected chi connectivity index (χ1v) is 8.03. The van der Waals surface area contributed by atoms with E-state index >= 15 is 0 Å². The molecule has 2 heterocycles. The van der Waals surface area contributed by atoms with Gasteiger partial charge in [0.25, 0.3) is 0 Å². The zero-order chi connectivity index (χ0) is 11.8. The van der Waals surface area contributed by atoms with E-state index in [2.05, 4.69) is 11.9 Å². The summed E-state index contributed by atoms with van der Waals surface area (Å²) in [6.07, 6.45) is 2.68. The number of hydrogen-bond donors (Lipinski definition) is 0. The standard InChI is InChI=1S/C12H16N2OS2/c1-14-5-6-16-7-9(14)12-13-8-3-2-4-10(15)11(8)17-12/h9H,2-7H2,1H3. The third-order valence-electron chi connectivity index (χ3n) is 3.47. The fourth-order valence-corrected chi connectivity index (χ4v) is 4.95. The van der Waals surface area contributed by atoms with Gasteiger partial charge in [0, 0.05) is 24.5 Å². The van der Waals surface area contributed by atoms with E-state index < -0.39 is 0 Å². The van der Waals surface area contributed by atoms with Crippen LogP contribution in [0.5, 0.6) is 0 Å². The first-order chi connectivity index (χ1) is 8.25. The predicted octanol–water partition coefficient (Wildman–Crippen LogP) is 2.38. The minimum Gasteiger partial charge on any atom is -0.296 e. The molecule has 0 spiro atoms. The maximum atomic E-state index is 11.8. The van der Waals surface area contributed by atoms with E-state index in [1.54, 1.807) is 11.3 Å². The molecule has 1 aliphatic heterocycles. The van der Waals surface area contributed by atoms with Gasteiger partial charge in [0.1, 0.15) is 5.01 Å². The second kappa shape index (κ2) is 4.71. The van der Waals surface area contributed by atoms with Crippen LogP contribution in [-0.2, 0) is 6.42 Å². The van der Waals surface area contributed by atoms with Gasteiger partial charge in [0.2, 0.25) is 0 Å². The predicted molar refractivity (Wildman–Crippen MR) is 72.1 cm³/mol. The van der Waals surface area contributed by atoms with Crippen LogP contribution in [0.2, 0.25) is 0 Å². The van der Waals surface area contributed by atoms with Crippen LogP contribution in [-0.4, -0.2) is 40.8 Å². The van der Waals surface area contributed by atoms with Crippen molar-refractivity contribution in [2.24, 2.45) is 0 Å². The summed E-state index contributed by atoms with van der Waals surface area (Å²) in [6.45, 7) is 1.12. The molecule has 0 saturated carbocycles. The number of hydrogen-bond acceptors (Lipinski definition) is 5. The minimum atomic E-state index is 0.307. The lowest BCUT2D eigenvalue weighted by molar-refractivity contribution is 0.0976. The van der Waals surface area contributed by atoms with Crippen LogP contribution < -0.4 is 0 Å². The first-order valence-electron chi connectivity index (χ1n) is 6.06. The van der Waals surface area contributed by atoms with Crippen molar-refractivity contribution in [2.75, 3.05) is 25.1 Å². The monoisotopic (exact) mass is 268 g/mol. The van der Waals surface area contributed by atoms with Gasteiger partial charge in [-0.2, -0.15) is 11.8 Å². The van der Waals surface area contributed by atoms with E-state index in [0.717, 1.165) is 40.7 Å². The van der Waals surface area contributed by atoms with Gasteiger partial charge in [0.05, 0.1) is 16.6 Å². The Morgan fingerprint density at radius 3 is 3.06 bits per heavy atom. The Balaban J connectivity index is 1.90. The fourth-order valence-electron chi connectivity index (χ4n) is 2.38. The van der Waals surface area contributed by atoms with E-state index in [1.807, 2.05) is 11.8 Å². The van der Waals surface area contributed by atoms with E-state index in [4.69, 9.17) is 4.98 Å². The second-order valence-electron chi connectivity index (χ2n) is 4.68. The zero-order valence-electron chi connectivity index (χ0n) is 9.94. The summed E-state index contributed by atoms with van der Waals surface area (Å²) in [5, 5.41) is 1.15. The molecule has 0 amide bonds. The molecule has 0 bridgehead atoms. The molecule has 0 N–H and O–H groups in total. The molecule has 3 rings (SSSR count). The Hall–Kier alpha value is -0.390. The molecule has 3 nitrogen and oxygen atoms in total. The normalized spacial score (nSPS) is 25.9. The number of thiazole rings is 1. The number of fused-ring (bicyclic) bond motifs is 1. The number of ketones is 1. The van der Waals surface area contributed by atoms with Gasteiger partial charge in [-0.05, 0) is 19.9 Å². The van der Waals surface area contributed by atoms with E-state index in [1.165, 1.54) is 5.75 Å². The van der Waals surface area contributed by atoms with Crippen molar-refractivity contribution in [1.82, 2.24) is 9.88 Å². The average molecular weight is 268 g/mol. The Morgan fingerprint density at radius 2 is 2.29 bits per heavy atom. The molecule has 1 aromatic heterocycles. The van der Waals surface area contributed by atoms with Crippen LogP contribution in [0.25, 0.3) is 0 Å². The van der Waals surface area contributed by atoms with Crippen molar-refractivity contribution >= 4 is 28.9 Å². The van der Waals surface area contributed by atoms with Gasteiger partial charge in [-0.25, -0.2) is 4.98 Å². The van der Waals surface area contributed by atoms with Gasteiger partial charge in [0.15, 0.2) is 5.78 Å². The van der Waals surface area contributed by atoms with Crippen molar-refractivity contribution in [3.8, 4) is 0 Å². The summed E-state index contributed by atoms with van der Waals surface area (Å²) in [4.78, 5) is 19.8. The molecule has 0 radical (unpaired) electrons. The van der Waals surface area contributed by atoms with E-state index in [9.17, 15) is 4.79 Å². The highest BCUT2D eigenvalue weighted by Crippen LogP contribution is 2.34. The molecular formula is C12H16N2OS2. The van der Waals surface area contributed by atoms with Crippen molar-refractivity contribution in [1.29, 1.82) is 0 Å². The fraction of sp³-hybridized carbons (Fsp3) is 0.667. The summed E-state index contributed by atoms with van der Waals surface area (Å²) in [5.41, 5.74) is 1.06. The van der Waals surface area contributed by atoms with Crippen LogP contribution in [0.15, 0.2) is 0 Å². The molecule has 1 saturated heterocycles. The molecule has 5 heteroatoms. The average Bonchev–Trinajstić information content (AvgIpc) is 2.75. The van der Waals surface area contributed by atoms with Gasteiger partial charge in [-0.1, -0.05) is 0 Å². The van der Waals surface area contributed by atoms with Crippen molar-refractivity contribution < 1.29 is 4.79 Å². The van der Waals surface area contributed by atoms with Crippen molar-refractivity contribution in [3.05, 3.63) is 15.6 Å². The summed E-state index contributed by atoms with van der Waals surface area (Å²) in [6, 6.07) is 0.414. The highest BCUT2D eigenvalue weighted by atomic mass is 32.2. The Morgan fingerprint density at radius 1 is 1.41 bits per heavy atom. The number of nitrogens with zero attached hydrogens (tertiary/aromatic N) is 2. The number of aryl methyl sites for hydroxylation is 1. The maximum absolute atomic E-state index is 11.8. The van der Waals surface area contributed by atoms with Crippen LogP contribution in [0.3, 0.4) is 0 Å². The SMILES string of the molecule is CN1CCSCC1c1nc2c(s1)C(=O)CCC2. The highest BCUT2D eigenvalue weighted by Gasteiger charge is 2.28. The number of rotatable bonds is 1. The first kappa shape index (κ1) is 11.7. The van der Waals surface area contributed by atoms with Crippen LogP contribution in [0.4, 0.5) is 0 Å². The molecule has 1 aliphatic carbocycles. The van der Waals surface area contributed by atoms with E-state index in [0.29, 0.717) is 18.2 Å². The molecule has 2 aliphatic rings. The topological polar surface area (TPSA) is 33.2 Å². The lowest BCUT2D eigenvalue weighted by Crippen LogP contribution is -2.32. The number of carbonyl (C=O) groups excluding carboxylic acids is 1. The Kier molecular flexibility index (Phi) is 3.23. The lowest BCUT2D eigenvalue weighted by atomic mass is 10.0. The third-order valence-corrected chi connectivity index (χ3v) is 5.73. The van der Waals surface area contributed by atoms with Crippen LogP contribution in [0.1, 0.15) is 39.3 Å².